The maximum atomic E-state index is 6.96. The van der Waals surface area contributed by atoms with Gasteiger partial charge in [0.05, 0.1) is 0 Å². The van der Waals surface area contributed by atoms with E-state index in [2.05, 4.69) is 65.5 Å². The topological polar surface area (TPSA) is 36.9 Å². The first-order valence-electron chi connectivity index (χ1n) is 16.7. The van der Waals surface area contributed by atoms with Crippen molar-refractivity contribution in [3.63, 3.8) is 0 Å². The van der Waals surface area contributed by atoms with E-state index < -0.39 is 41.8 Å². The Bertz CT molecular complexity index is 631. The van der Waals surface area contributed by atoms with Gasteiger partial charge >= 0.3 is 8.56 Å². The average molecular weight is 633 g/mol. The van der Waals surface area contributed by atoms with Crippen LogP contribution in [0.1, 0.15) is 77.0 Å². The molecule has 0 bridgehead atoms. The molecule has 0 atom stereocenters. The summed E-state index contributed by atoms with van der Waals surface area (Å²) in [6.07, 6.45) is 16.8. The number of rotatable bonds is 18. The van der Waals surface area contributed by atoms with E-state index in [1.165, 1.54) is 101 Å². The highest BCUT2D eigenvalue weighted by Crippen LogP contribution is 2.32. The predicted molar refractivity (Wildman–Crippen MR) is 183 cm³/mol. The van der Waals surface area contributed by atoms with Crippen molar-refractivity contribution in [3.05, 3.63) is 0 Å². The van der Waals surface area contributed by atoms with Gasteiger partial charge in [0, 0.05) is 13.2 Å². The van der Waals surface area contributed by atoms with Crippen LogP contribution < -0.4 is 0 Å². The highest BCUT2D eigenvalue weighted by Gasteiger charge is 2.41. The fourth-order valence-electron chi connectivity index (χ4n) is 6.76. The van der Waals surface area contributed by atoms with Crippen molar-refractivity contribution < 1.29 is 17.1 Å². The molecule has 0 amide bonds. The molecule has 0 aromatic rings. The lowest BCUT2D eigenvalue weighted by atomic mass is 9.87. The molecule has 0 unspecified atom stereocenters. The zero-order chi connectivity index (χ0) is 29.2. The third-order valence-corrected chi connectivity index (χ3v) is 26.3. The van der Waals surface area contributed by atoms with E-state index in [0.29, 0.717) is 0 Å². The second-order valence-corrected chi connectivity index (χ2v) is 37.0. The van der Waals surface area contributed by atoms with Gasteiger partial charge in [0.1, 0.15) is 0 Å². The molecule has 0 heterocycles. The maximum absolute atomic E-state index is 6.96. The largest absolute Gasteiger partial charge is 0.437 e. The summed E-state index contributed by atoms with van der Waals surface area (Å²) in [6, 6.07) is 4.79. The molecule has 0 N–H and O–H groups in total. The lowest BCUT2D eigenvalue weighted by Gasteiger charge is -2.40. The van der Waals surface area contributed by atoms with Gasteiger partial charge in [-0.25, -0.2) is 0 Å². The third-order valence-electron chi connectivity index (χ3n) is 9.19. The minimum absolute atomic E-state index is 0.913. The van der Waals surface area contributed by atoms with E-state index in [4.69, 9.17) is 17.1 Å². The van der Waals surface area contributed by atoms with Crippen LogP contribution in [0.2, 0.25) is 89.6 Å². The van der Waals surface area contributed by atoms with Crippen molar-refractivity contribution in [2.75, 3.05) is 13.2 Å². The zero-order valence-corrected chi connectivity index (χ0v) is 33.0. The Morgan fingerprint density at radius 1 is 0.436 bits per heavy atom. The van der Waals surface area contributed by atoms with Crippen LogP contribution in [0.3, 0.4) is 0 Å². The van der Waals surface area contributed by atoms with Crippen LogP contribution in [0.5, 0.6) is 0 Å². The van der Waals surface area contributed by atoms with Crippen LogP contribution in [-0.2, 0) is 17.1 Å². The summed E-state index contributed by atoms with van der Waals surface area (Å²) >= 11 is 0. The monoisotopic (exact) mass is 632 g/mol. The summed E-state index contributed by atoms with van der Waals surface area (Å²) in [6.45, 7) is 25.8. The molecule has 2 aliphatic carbocycles. The number of hydrogen-bond acceptors (Lipinski definition) is 4. The summed E-state index contributed by atoms with van der Waals surface area (Å²) < 4.78 is 27.0. The fraction of sp³-hybridized carbons (Fsp3) is 1.00. The molecule has 2 aliphatic rings. The second-order valence-electron chi connectivity index (χ2n) is 15.9. The molecule has 0 spiro atoms. The Morgan fingerprint density at radius 2 is 0.744 bits per heavy atom. The molecule has 0 saturated heterocycles. The summed E-state index contributed by atoms with van der Waals surface area (Å²) in [5.74, 6) is 1.83. The van der Waals surface area contributed by atoms with Gasteiger partial charge in [0.25, 0.3) is 0 Å². The highest BCUT2D eigenvalue weighted by atomic mass is 28.5. The van der Waals surface area contributed by atoms with Crippen molar-refractivity contribution >= 4 is 41.8 Å². The van der Waals surface area contributed by atoms with Crippen LogP contribution in [0.15, 0.2) is 0 Å². The van der Waals surface area contributed by atoms with E-state index in [9.17, 15) is 0 Å². The quantitative estimate of drug-likeness (QED) is 0.141. The summed E-state index contributed by atoms with van der Waals surface area (Å²) in [5, 5.41) is 0. The van der Waals surface area contributed by atoms with Gasteiger partial charge < -0.3 is 17.1 Å². The molecular weight excluding hydrogens is 565 g/mol. The van der Waals surface area contributed by atoms with Crippen molar-refractivity contribution in [2.24, 2.45) is 11.8 Å². The Balaban J connectivity index is 1.72. The van der Waals surface area contributed by atoms with Gasteiger partial charge in [0.15, 0.2) is 33.3 Å². The van der Waals surface area contributed by atoms with Gasteiger partial charge in [-0.05, 0) is 114 Å². The first kappa shape index (κ1) is 36.1. The zero-order valence-electron chi connectivity index (χ0n) is 28.0. The normalized spacial score (nSPS) is 19.5. The Labute approximate surface area is 249 Å². The fourth-order valence-corrected chi connectivity index (χ4v) is 30.0. The minimum atomic E-state index is -2.19. The van der Waals surface area contributed by atoms with Crippen LogP contribution >= 0.6 is 0 Å². The Kier molecular flexibility index (Phi) is 14.9. The molecule has 2 fully saturated rings. The Morgan fingerprint density at radius 3 is 1.08 bits per heavy atom. The van der Waals surface area contributed by atoms with Crippen LogP contribution in [0.25, 0.3) is 0 Å². The molecular formula is C30H68O4Si5. The first-order chi connectivity index (χ1) is 18.0. The molecule has 4 nitrogen and oxygen atoms in total. The van der Waals surface area contributed by atoms with Crippen LogP contribution in [-0.4, -0.2) is 55.0 Å². The molecule has 0 aromatic heterocycles. The average Bonchev–Trinajstić information content (AvgIpc) is 2.82. The van der Waals surface area contributed by atoms with E-state index in [1.54, 1.807) is 0 Å². The standard InChI is InChI=1S/C30H68O4Si5/c1-35(2,31-23-21-29-17-13-11-14-18-29)25-27-37(5,6)33-39(9,10)34-38(7,8)28-26-36(3,4)32-24-22-30-19-15-12-16-20-30/h29-30H,11-28H2,1-10H3. The molecule has 2 rings (SSSR count). The highest BCUT2D eigenvalue weighted by molar-refractivity contribution is 6.89. The second kappa shape index (κ2) is 16.1. The molecule has 9 heteroatoms. The van der Waals surface area contributed by atoms with Crippen molar-refractivity contribution in [3.8, 4) is 0 Å². The summed E-state index contributed by atoms with van der Waals surface area (Å²) in [5.41, 5.74) is 0. The summed E-state index contributed by atoms with van der Waals surface area (Å²) in [7, 11) is -9.12. The lowest BCUT2D eigenvalue weighted by Crippen LogP contribution is -2.53. The maximum Gasteiger partial charge on any atom is 0.311 e. The molecule has 232 valence electrons. The molecule has 2 saturated carbocycles. The molecule has 0 aromatic carbocycles. The first-order valence-corrected chi connectivity index (χ1v) is 31.9. The third kappa shape index (κ3) is 16.4. The van der Waals surface area contributed by atoms with E-state index in [-0.39, 0.29) is 0 Å². The van der Waals surface area contributed by atoms with Crippen molar-refractivity contribution in [2.45, 2.75) is 167 Å². The Hall–Kier alpha value is 0.924. The lowest BCUT2D eigenvalue weighted by molar-refractivity contribution is 0.239. The van der Waals surface area contributed by atoms with E-state index in [1.807, 2.05) is 0 Å². The van der Waals surface area contributed by atoms with E-state index >= 15 is 0 Å². The van der Waals surface area contributed by atoms with Gasteiger partial charge in [0.2, 0.25) is 0 Å². The minimum Gasteiger partial charge on any atom is -0.437 e. The van der Waals surface area contributed by atoms with Gasteiger partial charge in [-0.2, -0.15) is 0 Å². The molecule has 0 radical (unpaired) electrons. The van der Waals surface area contributed by atoms with E-state index in [0.717, 1.165) is 25.0 Å². The van der Waals surface area contributed by atoms with Crippen molar-refractivity contribution in [1.82, 2.24) is 0 Å². The molecule has 0 aliphatic heterocycles. The van der Waals surface area contributed by atoms with Crippen molar-refractivity contribution in [1.29, 1.82) is 0 Å². The van der Waals surface area contributed by atoms with Gasteiger partial charge in [-0.15, -0.1) is 0 Å². The smallest absolute Gasteiger partial charge is 0.311 e. The SMILES string of the molecule is C[Si](C)(CC[Si](C)(C)O[Si](C)(C)O[Si](C)(C)CC[Si](C)(C)OCCC1CCCCC1)OCCC1CCCCC1. The van der Waals surface area contributed by atoms with Gasteiger partial charge in [-0.1, -0.05) is 64.2 Å². The van der Waals surface area contributed by atoms with Crippen LogP contribution in [0, 0.1) is 11.8 Å². The summed E-state index contributed by atoms with van der Waals surface area (Å²) in [4.78, 5) is 0. The van der Waals surface area contributed by atoms with Crippen LogP contribution in [0.4, 0.5) is 0 Å². The van der Waals surface area contributed by atoms with Gasteiger partial charge in [-0.3, -0.25) is 0 Å². The predicted octanol–water partition coefficient (Wildman–Crippen LogP) is 10.5. The number of hydrogen-bond donors (Lipinski definition) is 0. The molecule has 39 heavy (non-hydrogen) atoms.